The number of allylic oxidation sites excluding steroid dienone is 2. The van der Waals surface area contributed by atoms with Crippen LogP contribution in [0.15, 0.2) is 30.4 Å². The van der Waals surface area contributed by atoms with Crippen molar-refractivity contribution in [3.8, 4) is 5.75 Å². The lowest BCUT2D eigenvalue weighted by atomic mass is 10.3. The summed E-state index contributed by atoms with van der Waals surface area (Å²) in [7, 11) is 0. The third-order valence-corrected chi connectivity index (χ3v) is 1.92. The van der Waals surface area contributed by atoms with Crippen LogP contribution in [0.2, 0.25) is 0 Å². The number of rotatable bonds is 6. The highest BCUT2D eigenvalue weighted by Gasteiger charge is 1.95. The maximum Gasteiger partial charge on any atom is 0.134 e. The van der Waals surface area contributed by atoms with Crippen LogP contribution in [0.1, 0.15) is 26.2 Å². The number of unbranched alkanes of at least 4 members (excludes halogenated alkanes) is 1. The fourth-order valence-electron chi connectivity index (χ4n) is 1.18. The summed E-state index contributed by atoms with van der Waals surface area (Å²) in [6.45, 7) is 2.73. The Morgan fingerprint density at radius 1 is 1.47 bits per heavy atom. The summed E-state index contributed by atoms with van der Waals surface area (Å²) < 4.78 is 18.1. The van der Waals surface area contributed by atoms with E-state index in [-0.39, 0.29) is 5.82 Å². The highest BCUT2D eigenvalue weighted by atomic mass is 19.1. The number of benzene rings is 1. The number of halogens is 1. The highest BCUT2D eigenvalue weighted by molar-refractivity contribution is 5.21. The van der Waals surface area contributed by atoms with Crippen molar-refractivity contribution in [2.75, 3.05) is 6.61 Å². The molecule has 1 rings (SSSR count). The minimum atomic E-state index is -0.377. The molecule has 0 aliphatic heterocycles. The van der Waals surface area contributed by atoms with Gasteiger partial charge < -0.3 is 4.74 Å². The van der Waals surface area contributed by atoms with Crippen LogP contribution >= 0.6 is 0 Å². The Bertz CT molecular complexity index is 307. The molecule has 2 heteroatoms. The Morgan fingerprint density at radius 2 is 2.33 bits per heavy atom. The van der Waals surface area contributed by atoms with Gasteiger partial charge in [0.25, 0.3) is 0 Å². The molecule has 1 aromatic rings. The van der Waals surface area contributed by atoms with E-state index in [9.17, 15) is 4.39 Å². The highest BCUT2D eigenvalue weighted by Crippen LogP contribution is 2.11. The minimum Gasteiger partial charge on any atom is -0.493 e. The van der Waals surface area contributed by atoms with Crippen LogP contribution in [-0.2, 0) is 0 Å². The molecule has 0 aliphatic rings. The molecule has 1 aromatic carbocycles. The third kappa shape index (κ3) is 5.21. The van der Waals surface area contributed by atoms with E-state index in [0.29, 0.717) is 12.4 Å². The van der Waals surface area contributed by atoms with Crippen molar-refractivity contribution >= 4 is 0 Å². The van der Waals surface area contributed by atoms with Crippen LogP contribution in [0.4, 0.5) is 4.39 Å². The lowest BCUT2D eigenvalue weighted by Crippen LogP contribution is -1.96. The van der Waals surface area contributed by atoms with Crippen molar-refractivity contribution in [3.63, 3.8) is 0 Å². The van der Waals surface area contributed by atoms with Gasteiger partial charge in [-0.05, 0) is 31.4 Å². The lowest BCUT2D eigenvalue weighted by molar-refractivity contribution is 0.310. The average Bonchev–Trinajstić information content (AvgIpc) is 2.23. The first-order valence-corrected chi connectivity index (χ1v) is 5.28. The van der Waals surface area contributed by atoms with Gasteiger partial charge in [0.15, 0.2) is 0 Å². The zero-order valence-corrected chi connectivity index (χ0v) is 9.00. The van der Waals surface area contributed by atoms with Crippen LogP contribution in [0, 0.1) is 11.9 Å². The van der Waals surface area contributed by atoms with Gasteiger partial charge in [0.2, 0.25) is 0 Å². The maximum absolute atomic E-state index is 12.7. The Hall–Kier alpha value is -1.31. The molecule has 0 spiro atoms. The first-order chi connectivity index (χ1) is 7.33. The largest absolute Gasteiger partial charge is 0.493 e. The van der Waals surface area contributed by atoms with E-state index in [2.05, 4.69) is 25.1 Å². The van der Waals surface area contributed by atoms with Crippen LogP contribution in [0.25, 0.3) is 0 Å². The summed E-state index contributed by atoms with van der Waals surface area (Å²) in [5, 5.41) is 0. The second-order valence-electron chi connectivity index (χ2n) is 3.24. The Morgan fingerprint density at radius 3 is 3.07 bits per heavy atom. The van der Waals surface area contributed by atoms with E-state index in [1.807, 2.05) is 0 Å². The third-order valence-electron chi connectivity index (χ3n) is 1.92. The molecule has 0 aliphatic carbocycles. The Kier molecular flexibility index (Phi) is 5.52. The van der Waals surface area contributed by atoms with Gasteiger partial charge in [-0.2, -0.15) is 0 Å². The topological polar surface area (TPSA) is 9.23 Å². The molecule has 0 atom stereocenters. The molecule has 0 saturated heterocycles. The summed E-state index contributed by atoms with van der Waals surface area (Å²) >= 11 is 0. The normalized spacial score (nSPS) is 10.8. The van der Waals surface area contributed by atoms with Crippen molar-refractivity contribution in [1.29, 1.82) is 0 Å². The number of hydrogen-bond acceptors (Lipinski definition) is 1. The molecule has 0 amide bonds. The SMILES string of the molecule is CCC=CCCCOc1cc[c]c(F)c1. The molecule has 0 heterocycles. The van der Waals surface area contributed by atoms with Gasteiger partial charge in [-0.25, -0.2) is 4.39 Å². The molecule has 1 nitrogen and oxygen atoms in total. The molecule has 0 unspecified atom stereocenters. The van der Waals surface area contributed by atoms with Crippen molar-refractivity contribution < 1.29 is 9.13 Å². The summed E-state index contributed by atoms with van der Waals surface area (Å²) in [6.07, 6.45) is 7.31. The zero-order valence-electron chi connectivity index (χ0n) is 9.00. The molecule has 15 heavy (non-hydrogen) atoms. The van der Waals surface area contributed by atoms with Crippen molar-refractivity contribution in [2.24, 2.45) is 0 Å². The second kappa shape index (κ2) is 7.04. The molecule has 0 aromatic heterocycles. The quantitative estimate of drug-likeness (QED) is 0.510. The van der Waals surface area contributed by atoms with Gasteiger partial charge in [0.05, 0.1) is 6.61 Å². The average molecular weight is 207 g/mol. The zero-order chi connectivity index (χ0) is 10.9. The molecule has 1 radical (unpaired) electrons. The van der Waals surface area contributed by atoms with Gasteiger partial charge in [-0.15, -0.1) is 0 Å². The van der Waals surface area contributed by atoms with Crippen molar-refractivity contribution in [3.05, 3.63) is 42.2 Å². The van der Waals surface area contributed by atoms with Gasteiger partial charge in [0, 0.05) is 12.1 Å². The predicted molar refractivity (Wildman–Crippen MR) is 59.4 cm³/mol. The monoisotopic (exact) mass is 207 g/mol. The molecule has 0 saturated carbocycles. The van der Waals surface area contributed by atoms with Crippen LogP contribution < -0.4 is 4.74 Å². The number of hydrogen-bond donors (Lipinski definition) is 0. The van der Waals surface area contributed by atoms with Gasteiger partial charge in [-0.3, -0.25) is 0 Å². The first-order valence-electron chi connectivity index (χ1n) is 5.28. The van der Waals surface area contributed by atoms with E-state index in [1.165, 1.54) is 12.1 Å². The summed E-state index contributed by atoms with van der Waals surface area (Å²) in [6, 6.07) is 7.02. The fraction of sp³-hybridized carbons (Fsp3) is 0.385. The van der Waals surface area contributed by atoms with Crippen molar-refractivity contribution in [2.45, 2.75) is 26.2 Å². The van der Waals surface area contributed by atoms with Gasteiger partial charge in [0.1, 0.15) is 11.6 Å². The predicted octanol–water partition coefficient (Wildman–Crippen LogP) is 3.75. The second-order valence-corrected chi connectivity index (χ2v) is 3.24. The molecule has 81 valence electrons. The summed E-state index contributed by atoms with van der Waals surface area (Å²) in [4.78, 5) is 0. The first kappa shape index (κ1) is 11.8. The van der Waals surface area contributed by atoms with E-state index in [0.717, 1.165) is 19.3 Å². The molecule has 0 bridgehead atoms. The van der Waals surface area contributed by atoms with E-state index >= 15 is 0 Å². The maximum atomic E-state index is 12.7. The van der Waals surface area contributed by atoms with E-state index in [4.69, 9.17) is 4.74 Å². The molecule has 0 fully saturated rings. The Labute approximate surface area is 90.6 Å². The molecular formula is C13H16FO. The smallest absolute Gasteiger partial charge is 0.134 e. The summed E-state index contributed by atoms with van der Waals surface area (Å²) in [5.41, 5.74) is 0. The summed E-state index contributed by atoms with van der Waals surface area (Å²) in [5.74, 6) is 0.198. The molecular weight excluding hydrogens is 191 g/mol. The van der Waals surface area contributed by atoms with Crippen LogP contribution in [-0.4, -0.2) is 6.61 Å². The van der Waals surface area contributed by atoms with Gasteiger partial charge >= 0.3 is 0 Å². The van der Waals surface area contributed by atoms with Crippen LogP contribution in [0.3, 0.4) is 0 Å². The van der Waals surface area contributed by atoms with Gasteiger partial charge in [-0.1, -0.05) is 19.1 Å². The number of ether oxygens (including phenoxy) is 1. The minimum absolute atomic E-state index is 0.377. The van der Waals surface area contributed by atoms with E-state index in [1.54, 1.807) is 6.07 Å². The van der Waals surface area contributed by atoms with E-state index < -0.39 is 0 Å². The van der Waals surface area contributed by atoms with Crippen molar-refractivity contribution in [1.82, 2.24) is 0 Å². The van der Waals surface area contributed by atoms with Crippen LogP contribution in [0.5, 0.6) is 5.75 Å². The fourth-order valence-corrected chi connectivity index (χ4v) is 1.18. The standard InChI is InChI=1S/C13H16FO/c1-2-3-4-5-6-10-15-13-9-7-8-12(14)11-13/h3-4,7,9,11H,2,5-6,10H2,1H3. The Balaban J connectivity index is 2.17. The lowest BCUT2D eigenvalue weighted by Gasteiger charge is -2.04. The molecule has 0 N–H and O–H groups in total.